The lowest BCUT2D eigenvalue weighted by atomic mass is 9.90. The second-order valence-corrected chi connectivity index (χ2v) is 9.53. The first-order valence-corrected chi connectivity index (χ1v) is 12.4. The van der Waals surface area contributed by atoms with Crippen molar-refractivity contribution < 1.29 is 22.9 Å². The molecule has 10 heteroatoms. The van der Waals surface area contributed by atoms with Gasteiger partial charge >= 0.3 is 6.18 Å². The second-order valence-electron chi connectivity index (χ2n) is 9.53. The quantitative estimate of drug-likeness (QED) is 0.229. The van der Waals surface area contributed by atoms with Crippen LogP contribution in [0.25, 0.3) is 0 Å². The average Bonchev–Trinajstić information content (AvgIpc) is 3.23. The number of nitrogens with zero attached hydrogens (tertiary/aromatic N) is 3. The Morgan fingerprint density at radius 1 is 1.00 bits per heavy atom. The summed E-state index contributed by atoms with van der Waals surface area (Å²) < 4.78 is 39.6. The number of piperidine rings is 1. The van der Waals surface area contributed by atoms with Gasteiger partial charge in [0.1, 0.15) is 5.92 Å². The molecule has 1 N–H and O–H groups in total. The van der Waals surface area contributed by atoms with Gasteiger partial charge in [-0.25, -0.2) is 0 Å². The van der Waals surface area contributed by atoms with E-state index in [9.17, 15) is 28.1 Å². The summed E-state index contributed by atoms with van der Waals surface area (Å²) in [6, 6.07) is 16.0. The first-order valence-electron chi connectivity index (χ1n) is 12.4. The number of hydrogen-bond acceptors (Lipinski definition) is 5. The summed E-state index contributed by atoms with van der Waals surface area (Å²) in [6.07, 6.45) is -0.903. The highest BCUT2D eigenvalue weighted by atomic mass is 19.4. The van der Waals surface area contributed by atoms with Crippen LogP contribution in [0.15, 0.2) is 71.7 Å². The molecule has 2 aliphatic rings. The molecule has 0 spiro atoms. The number of nitrogens with one attached hydrogen (secondary N) is 1. The number of amides is 1. The Kier molecular flexibility index (Phi) is 6.98. The van der Waals surface area contributed by atoms with E-state index in [0.29, 0.717) is 22.5 Å². The topological polar surface area (TPSA) is 87.8 Å². The molecule has 1 amide bonds. The second kappa shape index (κ2) is 10.4. The fourth-order valence-electron chi connectivity index (χ4n) is 4.95. The molecule has 2 heterocycles. The lowest BCUT2D eigenvalue weighted by Gasteiger charge is -2.26. The maximum atomic E-state index is 13.2. The number of fused-ring (bicyclic) bond motifs is 1. The number of nitro groups is 1. The summed E-state index contributed by atoms with van der Waals surface area (Å²) >= 11 is 0. The van der Waals surface area contributed by atoms with Crippen molar-refractivity contribution in [2.75, 3.05) is 18.4 Å². The largest absolute Gasteiger partial charge is 0.416 e. The number of carbonyl (C=O) groups is 1. The van der Waals surface area contributed by atoms with Crippen LogP contribution in [0.4, 0.5) is 30.2 Å². The van der Waals surface area contributed by atoms with E-state index in [0.717, 1.165) is 37.3 Å². The van der Waals surface area contributed by atoms with Crippen LogP contribution in [-0.4, -0.2) is 34.5 Å². The standard InChI is InChI=1S/C28H25F3N4O3/c29-28(30,31)20-8-6-19(7-9-20)26(25-23-16-22(35(37)38)12-13-24(23)33-27(25)36)32-21-10-4-18(5-11-21)17-34-14-2-1-3-15-34/h4-13,16,25H,1-3,14-15,17H2,(H,33,36). The summed E-state index contributed by atoms with van der Waals surface area (Å²) in [6.45, 7) is 2.93. The Labute approximate surface area is 217 Å². The zero-order chi connectivity index (χ0) is 26.9. The normalized spacial score (nSPS) is 18.2. The Morgan fingerprint density at radius 2 is 1.68 bits per heavy atom. The number of aliphatic imine (C=N–C) groups is 1. The predicted molar refractivity (Wildman–Crippen MR) is 138 cm³/mol. The molecule has 196 valence electrons. The molecule has 1 unspecified atom stereocenters. The minimum absolute atomic E-state index is 0.195. The van der Waals surface area contributed by atoms with Gasteiger partial charge in [0.05, 0.1) is 21.9 Å². The Hall–Kier alpha value is -4.05. The molecule has 0 aromatic heterocycles. The third-order valence-electron chi connectivity index (χ3n) is 6.90. The molecule has 0 radical (unpaired) electrons. The minimum atomic E-state index is -4.52. The Balaban J connectivity index is 1.53. The highest BCUT2D eigenvalue weighted by Gasteiger charge is 2.37. The number of nitro benzene ring substituents is 1. The molecule has 7 nitrogen and oxygen atoms in total. The molecule has 3 aromatic carbocycles. The molecule has 38 heavy (non-hydrogen) atoms. The fraction of sp³-hybridized carbons (Fsp3) is 0.286. The van der Waals surface area contributed by atoms with Gasteiger partial charge in [0.15, 0.2) is 0 Å². The smallest absolute Gasteiger partial charge is 0.325 e. The molecule has 0 bridgehead atoms. The highest BCUT2D eigenvalue weighted by molar-refractivity contribution is 6.24. The minimum Gasteiger partial charge on any atom is -0.325 e. The van der Waals surface area contributed by atoms with E-state index < -0.39 is 28.5 Å². The first-order chi connectivity index (χ1) is 18.2. The van der Waals surface area contributed by atoms with Crippen molar-refractivity contribution in [3.8, 4) is 0 Å². The van der Waals surface area contributed by atoms with Gasteiger partial charge in [-0.2, -0.15) is 13.2 Å². The molecule has 1 saturated heterocycles. The lowest BCUT2D eigenvalue weighted by Crippen LogP contribution is -2.28. The number of likely N-dealkylation sites (tertiary alicyclic amines) is 1. The van der Waals surface area contributed by atoms with Gasteiger partial charge in [0.2, 0.25) is 5.91 Å². The molecule has 1 fully saturated rings. The number of alkyl halides is 3. The van der Waals surface area contributed by atoms with Crippen molar-refractivity contribution in [3.05, 3.63) is 99.1 Å². The van der Waals surface area contributed by atoms with Gasteiger partial charge < -0.3 is 5.32 Å². The van der Waals surface area contributed by atoms with Crippen molar-refractivity contribution in [1.29, 1.82) is 0 Å². The maximum absolute atomic E-state index is 13.2. The molecule has 1 atom stereocenters. The number of hydrogen-bond donors (Lipinski definition) is 1. The third kappa shape index (κ3) is 5.45. The van der Waals surface area contributed by atoms with Crippen LogP contribution in [0.3, 0.4) is 0 Å². The van der Waals surface area contributed by atoms with Crippen LogP contribution in [-0.2, 0) is 17.5 Å². The van der Waals surface area contributed by atoms with Crippen LogP contribution in [0.5, 0.6) is 0 Å². The zero-order valence-corrected chi connectivity index (χ0v) is 20.4. The lowest BCUT2D eigenvalue weighted by molar-refractivity contribution is -0.384. The van der Waals surface area contributed by atoms with Crippen molar-refractivity contribution in [2.24, 2.45) is 4.99 Å². The van der Waals surface area contributed by atoms with Crippen molar-refractivity contribution in [3.63, 3.8) is 0 Å². The number of benzene rings is 3. The van der Waals surface area contributed by atoms with Gasteiger partial charge in [-0.05, 0) is 67.4 Å². The Bertz CT molecular complexity index is 1380. The summed E-state index contributed by atoms with van der Waals surface area (Å²) in [5, 5.41) is 14.1. The number of non-ortho nitro benzene ring substituents is 1. The van der Waals surface area contributed by atoms with Gasteiger partial charge in [0, 0.05) is 29.9 Å². The van der Waals surface area contributed by atoms with Crippen LogP contribution in [0.1, 0.15) is 47.4 Å². The number of carbonyl (C=O) groups excluding carboxylic acids is 1. The van der Waals surface area contributed by atoms with Crippen molar-refractivity contribution in [1.82, 2.24) is 4.90 Å². The van der Waals surface area contributed by atoms with E-state index in [2.05, 4.69) is 10.2 Å². The molecular formula is C28H25F3N4O3. The molecule has 3 aromatic rings. The Morgan fingerprint density at radius 3 is 2.32 bits per heavy atom. The van der Waals surface area contributed by atoms with Gasteiger partial charge in [-0.3, -0.25) is 24.8 Å². The van der Waals surface area contributed by atoms with E-state index in [4.69, 9.17) is 4.99 Å². The monoisotopic (exact) mass is 522 g/mol. The number of halogens is 3. The van der Waals surface area contributed by atoms with Gasteiger partial charge in [-0.1, -0.05) is 30.7 Å². The van der Waals surface area contributed by atoms with E-state index in [1.807, 2.05) is 24.3 Å². The zero-order valence-electron chi connectivity index (χ0n) is 20.4. The molecule has 0 saturated carbocycles. The van der Waals surface area contributed by atoms with E-state index in [-0.39, 0.29) is 11.4 Å². The van der Waals surface area contributed by atoms with Crippen LogP contribution in [0.2, 0.25) is 0 Å². The van der Waals surface area contributed by atoms with Crippen molar-refractivity contribution >= 4 is 28.7 Å². The molecule has 0 aliphatic carbocycles. The van der Waals surface area contributed by atoms with Crippen LogP contribution < -0.4 is 5.32 Å². The summed E-state index contributed by atoms with van der Waals surface area (Å²) in [4.78, 5) is 31.0. The molecule has 2 aliphatic heterocycles. The van der Waals surface area contributed by atoms with E-state index in [1.165, 1.54) is 49.6 Å². The van der Waals surface area contributed by atoms with Crippen molar-refractivity contribution in [2.45, 2.75) is 37.9 Å². The average molecular weight is 523 g/mol. The van der Waals surface area contributed by atoms with E-state index >= 15 is 0 Å². The van der Waals surface area contributed by atoms with Crippen LogP contribution >= 0.6 is 0 Å². The number of rotatable bonds is 6. The molecular weight excluding hydrogens is 497 g/mol. The first kappa shape index (κ1) is 25.6. The van der Waals surface area contributed by atoms with Gasteiger partial charge in [-0.15, -0.1) is 0 Å². The van der Waals surface area contributed by atoms with Crippen LogP contribution in [0, 0.1) is 10.1 Å². The third-order valence-corrected chi connectivity index (χ3v) is 6.90. The summed E-state index contributed by atoms with van der Waals surface area (Å²) in [7, 11) is 0. The highest BCUT2D eigenvalue weighted by Crippen LogP contribution is 2.39. The fourth-order valence-corrected chi connectivity index (χ4v) is 4.95. The maximum Gasteiger partial charge on any atom is 0.416 e. The van der Waals surface area contributed by atoms with Gasteiger partial charge in [0.25, 0.3) is 5.69 Å². The molecule has 5 rings (SSSR count). The summed E-state index contributed by atoms with van der Waals surface area (Å²) in [5.41, 5.74) is 1.89. The number of anilines is 1. The van der Waals surface area contributed by atoms with E-state index in [1.54, 1.807) is 0 Å². The summed E-state index contributed by atoms with van der Waals surface area (Å²) in [5.74, 6) is -1.49. The SMILES string of the molecule is O=C1Nc2ccc([N+](=O)[O-])cc2C1C(=Nc1ccc(CN2CCCCC2)cc1)c1ccc(C(F)(F)F)cc1. The predicted octanol–water partition coefficient (Wildman–Crippen LogP) is 6.46.